The Kier molecular flexibility index (Phi) is 4.84. The third-order valence-electron chi connectivity index (χ3n) is 2.44. The van der Waals surface area contributed by atoms with E-state index >= 15 is 0 Å². The zero-order chi connectivity index (χ0) is 16.2. The van der Waals surface area contributed by atoms with E-state index in [4.69, 9.17) is 0 Å². The van der Waals surface area contributed by atoms with Crippen LogP contribution in [0.15, 0.2) is 24.3 Å². The quantitative estimate of drug-likeness (QED) is 0.627. The highest BCUT2D eigenvalue weighted by Crippen LogP contribution is 2.23. The molecule has 0 saturated heterocycles. The van der Waals surface area contributed by atoms with Gasteiger partial charge in [0.05, 0.1) is 11.0 Å². The molecule has 7 nitrogen and oxygen atoms in total. The number of hydrogen-bond acceptors (Lipinski definition) is 5. The van der Waals surface area contributed by atoms with E-state index in [2.05, 4.69) is 0 Å². The van der Waals surface area contributed by atoms with Gasteiger partial charge in [-0.25, -0.2) is 0 Å². The fourth-order valence-corrected chi connectivity index (χ4v) is 1.49. The summed E-state index contributed by atoms with van der Waals surface area (Å²) in [6.45, 7) is 0. The Labute approximate surface area is 115 Å². The van der Waals surface area contributed by atoms with Crippen LogP contribution in [-0.2, 0) is 9.59 Å². The average molecular weight is 305 g/mol. The summed E-state index contributed by atoms with van der Waals surface area (Å²) in [7, 11) is 0. The first kappa shape index (κ1) is 16.4. The summed E-state index contributed by atoms with van der Waals surface area (Å²) in [6.07, 6.45) is -6.08. The largest absolute Gasteiger partial charge is 0.550 e. The van der Waals surface area contributed by atoms with Crippen LogP contribution in [0.3, 0.4) is 0 Å². The molecule has 1 rings (SSSR count). The third kappa shape index (κ3) is 4.75. The molecule has 0 aliphatic carbocycles. The summed E-state index contributed by atoms with van der Waals surface area (Å²) >= 11 is 0. The molecule has 0 spiro atoms. The number of carbonyl (C=O) groups excluding carboxylic acids is 2. The Bertz CT molecular complexity index is 556. The molecular weight excluding hydrogens is 297 g/mol. The minimum atomic E-state index is -5.18. The summed E-state index contributed by atoms with van der Waals surface area (Å²) in [6, 6.07) is 2.57. The van der Waals surface area contributed by atoms with Crippen molar-refractivity contribution in [2.24, 2.45) is 0 Å². The highest BCUT2D eigenvalue weighted by Gasteiger charge is 2.39. The van der Waals surface area contributed by atoms with Crippen molar-refractivity contribution in [3.8, 4) is 0 Å². The van der Waals surface area contributed by atoms with Crippen molar-refractivity contribution in [1.29, 1.82) is 0 Å². The Hall–Kier alpha value is -2.65. The number of carboxylic acids is 1. The molecule has 0 aliphatic heterocycles. The van der Waals surface area contributed by atoms with Crippen molar-refractivity contribution in [3.05, 3.63) is 39.9 Å². The SMILES string of the molecule is O=C([O-])C[C@H](NC(=O)C(F)(F)F)c1ccc([N+](=O)[O-])cc1. The van der Waals surface area contributed by atoms with Crippen LogP contribution in [0.2, 0.25) is 0 Å². The van der Waals surface area contributed by atoms with Crippen LogP contribution in [0.4, 0.5) is 18.9 Å². The number of carbonyl (C=O) groups is 2. The fourth-order valence-electron chi connectivity index (χ4n) is 1.49. The second-order valence-corrected chi connectivity index (χ2v) is 3.95. The van der Waals surface area contributed by atoms with E-state index in [0.717, 1.165) is 24.3 Å². The number of benzene rings is 1. The van der Waals surface area contributed by atoms with E-state index in [1.165, 1.54) is 5.32 Å². The molecule has 1 aromatic carbocycles. The molecule has 1 amide bonds. The topological polar surface area (TPSA) is 112 Å². The van der Waals surface area contributed by atoms with Gasteiger partial charge in [0.15, 0.2) is 0 Å². The summed E-state index contributed by atoms with van der Waals surface area (Å²) in [4.78, 5) is 31.1. The summed E-state index contributed by atoms with van der Waals surface area (Å²) in [5.41, 5.74) is -0.351. The molecule has 21 heavy (non-hydrogen) atoms. The first-order valence-electron chi connectivity index (χ1n) is 5.43. The molecule has 0 aliphatic rings. The molecule has 0 heterocycles. The molecule has 10 heteroatoms. The van der Waals surface area contributed by atoms with Crippen molar-refractivity contribution in [1.82, 2.24) is 5.32 Å². The van der Waals surface area contributed by atoms with Gasteiger partial charge in [0.2, 0.25) is 0 Å². The number of alkyl halides is 3. The highest BCUT2D eigenvalue weighted by atomic mass is 19.4. The maximum atomic E-state index is 12.2. The van der Waals surface area contributed by atoms with Crippen LogP contribution in [0.25, 0.3) is 0 Å². The molecule has 0 aromatic heterocycles. The van der Waals surface area contributed by atoms with Crippen molar-refractivity contribution >= 4 is 17.6 Å². The van der Waals surface area contributed by atoms with E-state index in [0.29, 0.717) is 0 Å². The number of non-ortho nitro benzene ring substituents is 1. The lowest BCUT2D eigenvalue weighted by Crippen LogP contribution is -2.41. The number of nitrogens with zero attached hydrogens (tertiary/aromatic N) is 1. The zero-order valence-electron chi connectivity index (χ0n) is 10.2. The van der Waals surface area contributed by atoms with Crippen molar-refractivity contribution in [3.63, 3.8) is 0 Å². The number of amides is 1. The van der Waals surface area contributed by atoms with Gasteiger partial charge in [-0.2, -0.15) is 13.2 Å². The van der Waals surface area contributed by atoms with Crippen LogP contribution < -0.4 is 10.4 Å². The van der Waals surface area contributed by atoms with Crippen LogP contribution in [-0.4, -0.2) is 23.0 Å². The monoisotopic (exact) mass is 305 g/mol. The lowest BCUT2D eigenvalue weighted by Gasteiger charge is -2.20. The first-order chi connectivity index (χ1) is 9.61. The van der Waals surface area contributed by atoms with Gasteiger partial charge in [-0.05, 0) is 5.56 Å². The maximum Gasteiger partial charge on any atom is 0.471 e. The Morgan fingerprint density at radius 2 is 1.76 bits per heavy atom. The summed E-state index contributed by atoms with van der Waals surface area (Å²) in [5.74, 6) is -3.99. The number of carboxylic acid groups (broad SMARTS) is 1. The molecule has 1 aromatic rings. The Morgan fingerprint density at radius 3 is 2.14 bits per heavy atom. The molecule has 1 N–H and O–H groups in total. The lowest BCUT2D eigenvalue weighted by atomic mass is 10.0. The average Bonchev–Trinajstić information content (AvgIpc) is 2.36. The number of nitrogens with one attached hydrogen (secondary N) is 1. The molecule has 1 atom stereocenters. The van der Waals surface area contributed by atoms with Gasteiger partial charge in [-0.1, -0.05) is 12.1 Å². The van der Waals surface area contributed by atoms with Gasteiger partial charge >= 0.3 is 12.1 Å². The number of nitro benzene ring substituents is 1. The van der Waals surface area contributed by atoms with Crippen molar-refractivity contribution in [2.45, 2.75) is 18.6 Å². The second-order valence-electron chi connectivity index (χ2n) is 3.95. The Morgan fingerprint density at radius 1 is 1.24 bits per heavy atom. The number of aliphatic carboxylic acids is 1. The minimum absolute atomic E-state index is 0.0256. The maximum absolute atomic E-state index is 12.2. The van der Waals surface area contributed by atoms with E-state index in [-0.39, 0.29) is 11.3 Å². The van der Waals surface area contributed by atoms with Crippen LogP contribution >= 0.6 is 0 Å². The molecule has 0 unspecified atom stereocenters. The molecular formula is C11H8F3N2O5-. The number of rotatable bonds is 5. The molecule has 0 bridgehead atoms. The van der Waals surface area contributed by atoms with Gasteiger partial charge in [0.25, 0.3) is 5.69 Å². The van der Waals surface area contributed by atoms with Crippen LogP contribution in [0.1, 0.15) is 18.0 Å². The summed E-state index contributed by atoms with van der Waals surface area (Å²) in [5, 5.41) is 22.5. The van der Waals surface area contributed by atoms with Crippen molar-refractivity contribution < 1.29 is 32.8 Å². The molecule has 0 saturated carbocycles. The zero-order valence-corrected chi connectivity index (χ0v) is 10.2. The Balaban J connectivity index is 2.99. The van der Waals surface area contributed by atoms with E-state index in [1.807, 2.05) is 0 Å². The first-order valence-corrected chi connectivity index (χ1v) is 5.43. The van der Waals surface area contributed by atoms with Gasteiger partial charge in [0, 0.05) is 24.5 Å². The third-order valence-corrected chi connectivity index (χ3v) is 2.44. The number of hydrogen-bond donors (Lipinski definition) is 1. The minimum Gasteiger partial charge on any atom is -0.550 e. The molecule has 0 fully saturated rings. The number of nitro groups is 1. The highest BCUT2D eigenvalue weighted by molar-refractivity contribution is 5.82. The fraction of sp³-hybridized carbons (Fsp3) is 0.273. The van der Waals surface area contributed by atoms with Gasteiger partial charge in [0.1, 0.15) is 0 Å². The van der Waals surface area contributed by atoms with Crippen LogP contribution in [0.5, 0.6) is 0 Å². The lowest BCUT2D eigenvalue weighted by molar-refractivity contribution is -0.384. The predicted molar refractivity (Wildman–Crippen MR) is 59.7 cm³/mol. The number of halogens is 3. The summed E-state index contributed by atoms with van der Waals surface area (Å²) < 4.78 is 36.5. The molecule has 114 valence electrons. The predicted octanol–water partition coefficient (Wildman–Crippen LogP) is 0.454. The van der Waals surface area contributed by atoms with Crippen LogP contribution in [0, 0.1) is 10.1 Å². The second kappa shape index (κ2) is 6.20. The van der Waals surface area contributed by atoms with Gasteiger partial charge in [-0.3, -0.25) is 14.9 Å². The van der Waals surface area contributed by atoms with E-state index in [1.54, 1.807) is 0 Å². The van der Waals surface area contributed by atoms with Gasteiger partial charge < -0.3 is 15.2 Å². The standard InChI is InChI=1S/C11H9F3N2O5/c12-11(13,14)10(19)15-8(5-9(17)18)6-1-3-7(4-2-6)16(20)21/h1-4,8H,5H2,(H,15,19)(H,17,18)/p-1/t8-/m0/s1. The van der Waals surface area contributed by atoms with E-state index in [9.17, 15) is 38.0 Å². The van der Waals surface area contributed by atoms with E-state index < -0.39 is 35.4 Å². The smallest absolute Gasteiger partial charge is 0.471 e. The molecule has 0 radical (unpaired) electrons. The van der Waals surface area contributed by atoms with Crippen molar-refractivity contribution in [2.75, 3.05) is 0 Å². The normalized spacial score (nSPS) is 12.5. The van der Waals surface area contributed by atoms with Gasteiger partial charge in [-0.15, -0.1) is 0 Å².